The molecule has 2 aromatic carbocycles. The number of aliphatic hydroxyl groups is 1. The van der Waals surface area contributed by atoms with Crippen LogP contribution in [0.2, 0.25) is 0 Å². The van der Waals surface area contributed by atoms with Gasteiger partial charge >= 0.3 is 7.12 Å². The maximum Gasteiger partial charge on any atom is 0.495 e. The number of carbonyl (C=O) groups excluding carboxylic acids is 1. The van der Waals surface area contributed by atoms with E-state index in [4.69, 9.17) is 19.2 Å². The van der Waals surface area contributed by atoms with Crippen molar-refractivity contribution in [2.45, 2.75) is 99.4 Å². The van der Waals surface area contributed by atoms with E-state index in [1.54, 1.807) is 20.8 Å². The molecular formula is C29H45BO5. The fraction of sp³-hybridized carbons (Fsp3) is 0.552. The van der Waals surface area contributed by atoms with Crippen molar-refractivity contribution in [3.05, 3.63) is 52.6 Å². The van der Waals surface area contributed by atoms with Crippen LogP contribution in [0, 0.1) is 20.8 Å². The highest BCUT2D eigenvalue weighted by atomic mass is 16.7. The van der Waals surface area contributed by atoms with Crippen LogP contribution in [0.4, 0.5) is 0 Å². The first-order valence-electron chi connectivity index (χ1n) is 12.2. The van der Waals surface area contributed by atoms with E-state index in [9.17, 15) is 0 Å². The first-order chi connectivity index (χ1) is 16.0. The number of ether oxygens (including phenoxy) is 1. The molecule has 2 aromatic rings. The third-order valence-corrected chi connectivity index (χ3v) is 6.25. The van der Waals surface area contributed by atoms with Gasteiger partial charge in [-0.05, 0) is 109 Å². The number of hydrogen-bond donors (Lipinski definition) is 1. The Bertz CT molecular complexity index is 950. The minimum Gasteiger partial charge on any atom is -0.471 e. The third kappa shape index (κ3) is 8.48. The Kier molecular flexibility index (Phi) is 10.8. The number of methoxy groups -OCH3 is 1. The molecule has 0 spiro atoms. The standard InChI is InChI=1S/C23H31BO2.C4H10O.C2H4O2/c1-9-19-17(4)20(24-25-22(5,6)23(7,8)26-24)14-16(3)21(19)18-12-10-15(2)11-13-18;1-4(2,3)5;1-4-2-3/h10-14H,9H2,1-8H3;5H,1-3H3;2H,1H3. The SMILES string of the molecule is CC(C)(C)O.CCc1c(C)c(B2OC(C)(C)C(C)(C)O2)cc(C)c1-c1ccc(C)cc1.COC=O. The van der Waals surface area contributed by atoms with E-state index in [1.165, 1.54) is 40.5 Å². The van der Waals surface area contributed by atoms with Gasteiger partial charge in [0.1, 0.15) is 0 Å². The summed E-state index contributed by atoms with van der Waals surface area (Å²) in [4.78, 5) is 8.95. The Hall–Kier alpha value is -2.15. The molecule has 0 aromatic heterocycles. The van der Waals surface area contributed by atoms with Crippen molar-refractivity contribution in [1.82, 2.24) is 0 Å². The minimum atomic E-state index is -0.500. The lowest BCUT2D eigenvalue weighted by Crippen LogP contribution is -2.41. The Balaban J connectivity index is 0.000000585. The second-order valence-electron chi connectivity index (χ2n) is 11.1. The Morgan fingerprint density at radius 2 is 1.43 bits per heavy atom. The summed E-state index contributed by atoms with van der Waals surface area (Å²) in [6.07, 6.45) is 0.989. The van der Waals surface area contributed by atoms with Gasteiger partial charge in [0.2, 0.25) is 0 Å². The van der Waals surface area contributed by atoms with Gasteiger partial charge in [0.25, 0.3) is 6.47 Å². The molecule has 0 bridgehead atoms. The van der Waals surface area contributed by atoms with E-state index >= 15 is 0 Å². The molecule has 6 heteroatoms. The number of carbonyl (C=O) groups is 1. The van der Waals surface area contributed by atoms with Gasteiger partial charge in [-0.15, -0.1) is 0 Å². The van der Waals surface area contributed by atoms with Crippen LogP contribution < -0.4 is 5.46 Å². The molecule has 1 aliphatic rings. The maximum atomic E-state index is 8.95. The van der Waals surface area contributed by atoms with E-state index < -0.39 is 5.60 Å². The molecule has 0 unspecified atom stereocenters. The summed E-state index contributed by atoms with van der Waals surface area (Å²) >= 11 is 0. The predicted molar refractivity (Wildman–Crippen MR) is 146 cm³/mol. The summed E-state index contributed by atoms with van der Waals surface area (Å²) in [6.45, 7) is 22.8. The van der Waals surface area contributed by atoms with Gasteiger partial charge in [-0.3, -0.25) is 4.79 Å². The summed E-state index contributed by atoms with van der Waals surface area (Å²) < 4.78 is 16.5. The van der Waals surface area contributed by atoms with Crippen LogP contribution >= 0.6 is 0 Å². The van der Waals surface area contributed by atoms with Crippen molar-refractivity contribution < 1.29 is 23.9 Å². The molecule has 35 heavy (non-hydrogen) atoms. The molecule has 1 saturated heterocycles. The van der Waals surface area contributed by atoms with Crippen LogP contribution in [0.5, 0.6) is 0 Å². The summed E-state index contributed by atoms with van der Waals surface area (Å²) in [7, 11) is 1.00. The van der Waals surface area contributed by atoms with Gasteiger partial charge in [0.05, 0.1) is 23.9 Å². The highest BCUT2D eigenvalue weighted by Gasteiger charge is 2.52. The smallest absolute Gasteiger partial charge is 0.471 e. The van der Waals surface area contributed by atoms with Gasteiger partial charge in [0, 0.05) is 0 Å². The number of hydrogen-bond acceptors (Lipinski definition) is 5. The quantitative estimate of drug-likeness (QED) is 0.445. The van der Waals surface area contributed by atoms with E-state index in [0.29, 0.717) is 6.47 Å². The molecule has 1 N–H and O–H groups in total. The zero-order chi connectivity index (χ0) is 27.2. The fourth-order valence-corrected chi connectivity index (χ4v) is 3.79. The van der Waals surface area contributed by atoms with Crippen molar-refractivity contribution in [1.29, 1.82) is 0 Å². The highest BCUT2D eigenvalue weighted by Crippen LogP contribution is 2.38. The molecule has 1 heterocycles. The molecule has 5 nitrogen and oxygen atoms in total. The molecule has 194 valence electrons. The van der Waals surface area contributed by atoms with Crippen molar-refractivity contribution in [3.63, 3.8) is 0 Å². The monoisotopic (exact) mass is 484 g/mol. The Morgan fingerprint density at radius 1 is 1.00 bits per heavy atom. The molecule has 1 fully saturated rings. The van der Waals surface area contributed by atoms with Crippen molar-refractivity contribution in [3.8, 4) is 11.1 Å². The largest absolute Gasteiger partial charge is 0.495 e. The van der Waals surface area contributed by atoms with E-state index in [1.807, 2.05) is 0 Å². The van der Waals surface area contributed by atoms with Crippen LogP contribution in [0.25, 0.3) is 11.1 Å². The lowest BCUT2D eigenvalue weighted by molar-refractivity contribution is -0.126. The highest BCUT2D eigenvalue weighted by molar-refractivity contribution is 6.62. The van der Waals surface area contributed by atoms with E-state index in [2.05, 4.69) is 90.5 Å². The lowest BCUT2D eigenvalue weighted by atomic mass is 9.72. The topological polar surface area (TPSA) is 65.0 Å². The summed E-state index contributed by atoms with van der Waals surface area (Å²) in [5.74, 6) is 0. The van der Waals surface area contributed by atoms with Crippen LogP contribution in [0.1, 0.15) is 77.6 Å². The average molecular weight is 484 g/mol. The van der Waals surface area contributed by atoms with Gasteiger partial charge in [-0.2, -0.15) is 0 Å². The number of aryl methyl sites for hydroxylation is 2. The molecule has 3 rings (SSSR count). The van der Waals surface area contributed by atoms with Crippen LogP contribution in [0.15, 0.2) is 30.3 Å². The molecule has 0 aliphatic carbocycles. The van der Waals surface area contributed by atoms with Crippen LogP contribution in [-0.2, 0) is 25.3 Å². The minimum absolute atomic E-state index is 0.309. The summed E-state index contributed by atoms with van der Waals surface area (Å²) in [6, 6.07) is 11.1. The molecule has 0 saturated carbocycles. The first-order valence-corrected chi connectivity index (χ1v) is 12.2. The Labute approximate surface area is 213 Å². The second kappa shape index (κ2) is 12.2. The van der Waals surface area contributed by atoms with Crippen molar-refractivity contribution >= 4 is 19.1 Å². The fourth-order valence-electron chi connectivity index (χ4n) is 3.79. The molecule has 0 radical (unpaired) electrons. The van der Waals surface area contributed by atoms with Crippen LogP contribution in [0.3, 0.4) is 0 Å². The normalized spacial score (nSPS) is 16.0. The molecule has 1 aliphatic heterocycles. The van der Waals surface area contributed by atoms with Crippen molar-refractivity contribution in [2.75, 3.05) is 7.11 Å². The van der Waals surface area contributed by atoms with Crippen molar-refractivity contribution in [2.24, 2.45) is 0 Å². The molecule has 0 amide bonds. The lowest BCUT2D eigenvalue weighted by Gasteiger charge is -2.32. The summed E-state index contributed by atoms with van der Waals surface area (Å²) in [5.41, 5.74) is 7.90. The van der Waals surface area contributed by atoms with E-state index in [-0.39, 0.29) is 18.3 Å². The first kappa shape index (κ1) is 30.9. The van der Waals surface area contributed by atoms with Crippen LogP contribution in [-0.4, -0.2) is 42.6 Å². The zero-order valence-corrected chi connectivity index (χ0v) is 23.8. The maximum absolute atomic E-state index is 8.95. The predicted octanol–water partition coefficient (Wildman–Crippen LogP) is 5.71. The van der Waals surface area contributed by atoms with Gasteiger partial charge in [0.15, 0.2) is 0 Å². The van der Waals surface area contributed by atoms with Gasteiger partial charge in [-0.1, -0.05) is 42.8 Å². The zero-order valence-electron chi connectivity index (χ0n) is 23.8. The number of rotatable bonds is 4. The van der Waals surface area contributed by atoms with Gasteiger partial charge < -0.3 is 19.2 Å². The average Bonchev–Trinajstić information content (AvgIpc) is 2.95. The molecule has 0 atom stereocenters. The number of benzene rings is 2. The Morgan fingerprint density at radius 3 is 1.80 bits per heavy atom. The molecular weight excluding hydrogens is 439 g/mol. The van der Waals surface area contributed by atoms with Gasteiger partial charge in [-0.25, -0.2) is 0 Å². The second-order valence-corrected chi connectivity index (χ2v) is 11.1. The third-order valence-electron chi connectivity index (χ3n) is 6.25. The summed E-state index contributed by atoms with van der Waals surface area (Å²) in [5, 5.41) is 8.52. The van der Waals surface area contributed by atoms with E-state index in [0.717, 1.165) is 11.9 Å².